The number of halogens is 1. The molecule has 0 saturated carbocycles. The van der Waals surface area contributed by atoms with Gasteiger partial charge in [-0.15, -0.1) is 5.10 Å². The molecule has 0 N–H and O–H groups in total. The van der Waals surface area contributed by atoms with Crippen molar-refractivity contribution in [3.8, 4) is 16.9 Å². The number of hydrogen-bond donors (Lipinski definition) is 0. The van der Waals surface area contributed by atoms with Crippen molar-refractivity contribution < 1.29 is 23.1 Å². The molecule has 1 aliphatic rings. The fraction of sp³-hybridized carbons (Fsp3) is 0.286. The molecule has 1 aliphatic heterocycles. The van der Waals surface area contributed by atoms with Crippen molar-refractivity contribution in [1.82, 2.24) is 24.8 Å². The number of furan rings is 1. The van der Waals surface area contributed by atoms with Gasteiger partial charge in [-0.2, -0.15) is 0 Å². The van der Waals surface area contributed by atoms with E-state index in [-0.39, 0.29) is 23.3 Å². The Labute approximate surface area is 219 Å². The van der Waals surface area contributed by atoms with Gasteiger partial charge in [-0.3, -0.25) is 14.3 Å². The van der Waals surface area contributed by atoms with Crippen LogP contribution in [0.5, 0.6) is 5.75 Å². The fourth-order valence-electron chi connectivity index (χ4n) is 4.68. The minimum Gasteiger partial charge on any atom is -0.493 e. The van der Waals surface area contributed by atoms with Crippen molar-refractivity contribution >= 4 is 28.4 Å². The van der Waals surface area contributed by atoms with Crippen molar-refractivity contribution in [2.45, 2.75) is 19.4 Å². The second kappa shape index (κ2) is 10.5. The maximum absolute atomic E-state index is 14.7. The molecule has 196 valence electrons. The van der Waals surface area contributed by atoms with E-state index < -0.39 is 5.82 Å². The number of carbonyl (C=O) groups is 2. The number of para-hydroxylation sites is 1. The number of aryl methyl sites for hydroxylation is 1. The maximum atomic E-state index is 14.7. The SMILES string of the molecule is COc1c(F)cccc1-c1cc(C2=CCCN(C(=O)CCn3ccnn3)C2)cc2cc(C(=O)N(C)C)oc12. The normalized spacial score (nSPS) is 13.5. The third-order valence-electron chi connectivity index (χ3n) is 6.60. The van der Waals surface area contributed by atoms with Crippen LogP contribution in [0.2, 0.25) is 0 Å². The minimum atomic E-state index is -0.499. The molecule has 0 spiro atoms. The van der Waals surface area contributed by atoms with Crippen LogP contribution in [0.25, 0.3) is 27.7 Å². The zero-order chi connectivity index (χ0) is 26.8. The number of rotatable bonds is 7. The molecule has 4 aromatic rings. The Morgan fingerprint density at radius 2 is 2.03 bits per heavy atom. The van der Waals surface area contributed by atoms with Gasteiger partial charge in [-0.1, -0.05) is 23.4 Å². The Morgan fingerprint density at radius 3 is 2.76 bits per heavy atom. The summed E-state index contributed by atoms with van der Waals surface area (Å²) in [4.78, 5) is 28.9. The number of methoxy groups -OCH3 is 1. The van der Waals surface area contributed by atoms with E-state index in [1.807, 2.05) is 17.0 Å². The van der Waals surface area contributed by atoms with Gasteiger partial charge >= 0.3 is 0 Å². The van der Waals surface area contributed by atoms with E-state index in [0.717, 1.165) is 11.1 Å². The number of carbonyl (C=O) groups excluding carboxylic acids is 2. The first-order chi connectivity index (χ1) is 18.4. The van der Waals surface area contributed by atoms with Gasteiger partial charge in [-0.05, 0) is 41.8 Å². The molecule has 5 rings (SSSR count). The molecule has 9 nitrogen and oxygen atoms in total. The number of hydrogen-bond acceptors (Lipinski definition) is 6. The van der Waals surface area contributed by atoms with E-state index >= 15 is 0 Å². The highest BCUT2D eigenvalue weighted by Gasteiger charge is 2.24. The van der Waals surface area contributed by atoms with Crippen LogP contribution in [0, 0.1) is 5.82 Å². The Hall–Kier alpha value is -4.47. The summed E-state index contributed by atoms with van der Waals surface area (Å²) in [7, 11) is 4.72. The largest absolute Gasteiger partial charge is 0.493 e. The Bertz CT molecular complexity index is 1520. The molecule has 2 aromatic heterocycles. The molecule has 0 bridgehead atoms. The maximum Gasteiger partial charge on any atom is 0.289 e. The number of benzene rings is 2. The average molecular weight is 518 g/mol. The lowest BCUT2D eigenvalue weighted by molar-refractivity contribution is -0.131. The monoisotopic (exact) mass is 517 g/mol. The van der Waals surface area contributed by atoms with Crippen LogP contribution in [0.4, 0.5) is 4.39 Å². The standard InChI is InChI=1S/C28H28FN5O4/c1-32(2)28(36)24-16-20-14-19(15-22(26(20)38-24)21-7-4-8-23(29)27(21)37-3)18-6-5-11-33(17-18)25(35)9-12-34-13-10-30-31-34/h4,6-8,10,13-16H,5,9,11-12,17H2,1-3H3. The zero-order valence-corrected chi connectivity index (χ0v) is 21.5. The van der Waals surface area contributed by atoms with Gasteiger partial charge in [0.15, 0.2) is 17.3 Å². The topological polar surface area (TPSA) is 93.7 Å². The van der Waals surface area contributed by atoms with Gasteiger partial charge in [-0.25, -0.2) is 4.39 Å². The van der Waals surface area contributed by atoms with Crippen molar-refractivity contribution in [2.75, 3.05) is 34.3 Å². The summed E-state index contributed by atoms with van der Waals surface area (Å²) >= 11 is 0. The molecule has 0 unspecified atom stereocenters. The number of amides is 2. The summed E-state index contributed by atoms with van der Waals surface area (Å²) in [5.41, 5.74) is 3.39. The van der Waals surface area contributed by atoms with E-state index in [9.17, 15) is 14.0 Å². The summed E-state index contributed by atoms with van der Waals surface area (Å²) in [5, 5.41) is 8.40. The van der Waals surface area contributed by atoms with Gasteiger partial charge in [0.05, 0.1) is 19.9 Å². The molecule has 0 saturated heterocycles. The molecule has 0 atom stereocenters. The quantitative estimate of drug-likeness (QED) is 0.364. The van der Waals surface area contributed by atoms with Gasteiger partial charge < -0.3 is 19.0 Å². The van der Waals surface area contributed by atoms with E-state index in [2.05, 4.69) is 16.4 Å². The smallest absolute Gasteiger partial charge is 0.289 e. The van der Waals surface area contributed by atoms with Crippen LogP contribution in [-0.4, -0.2) is 70.9 Å². The van der Waals surface area contributed by atoms with Gasteiger partial charge in [0.1, 0.15) is 5.58 Å². The van der Waals surface area contributed by atoms with Crippen LogP contribution < -0.4 is 4.74 Å². The number of aromatic nitrogens is 3. The van der Waals surface area contributed by atoms with Crippen LogP contribution in [0.3, 0.4) is 0 Å². The lowest BCUT2D eigenvalue weighted by atomic mass is 9.94. The summed E-state index contributed by atoms with van der Waals surface area (Å²) < 4.78 is 27.7. The van der Waals surface area contributed by atoms with E-state index in [0.29, 0.717) is 54.6 Å². The third-order valence-corrected chi connectivity index (χ3v) is 6.60. The van der Waals surface area contributed by atoms with E-state index in [4.69, 9.17) is 9.15 Å². The number of fused-ring (bicyclic) bond motifs is 1. The van der Waals surface area contributed by atoms with Gasteiger partial charge in [0, 0.05) is 56.3 Å². The molecule has 2 amide bonds. The Kier molecular flexibility index (Phi) is 6.95. The molecule has 0 aliphatic carbocycles. The van der Waals surface area contributed by atoms with Gasteiger partial charge in [0.25, 0.3) is 5.91 Å². The number of nitrogens with zero attached hydrogens (tertiary/aromatic N) is 5. The van der Waals surface area contributed by atoms with Crippen molar-refractivity contribution in [3.05, 3.63) is 72.0 Å². The van der Waals surface area contributed by atoms with E-state index in [1.54, 1.807) is 49.4 Å². The predicted molar refractivity (Wildman–Crippen MR) is 140 cm³/mol. The molecule has 38 heavy (non-hydrogen) atoms. The van der Waals surface area contributed by atoms with Crippen LogP contribution in [-0.2, 0) is 11.3 Å². The fourth-order valence-corrected chi connectivity index (χ4v) is 4.68. The van der Waals surface area contributed by atoms with Crippen molar-refractivity contribution in [1.29, 1.82) is 0 Å². The zero-order valence-electron chi connectivity index (χ0n) is 21.5. The highest BCUT2D eigenvalue weighted by Crippen LogP contribution is 2.40. The van der Waals surface area contributed by atoms with Crippen LogP contribution in [0.15, 0.2) is 59.3 Å². The second-order valence-corrected chi connectivity index (χ2v) is 9.32. The predicted octanol–water partition coefficient (Wildman–Crippen LogP) is 4.25. The molecule has 0 radical (unpaired) electrons. The summed E-state index contributed by atoms with van der Waals surface area (Å²) in [5.74, 6) is -0.477. The molecular weight excluding hydrogens is 489 g/mol. The van der Waals surface area contributed by atoms with E-state index in [1.165, 1.54) is 18.1 Å². The van der Waals surface area contributed by atoms with Crippen molar-refractivity contribution in [2.24, 2.45) is 0 Å². The highest BCUT2D eigenvalue weighted by atomic mass is 19.1. The molecule has 3 heterocycles. The minimum absolute atomic E-state index is 0.0291. The molecule has 0 fully saturated rings. The second-order valence-electron chi connectivity index (χ2n) is 9.32. The number of ether oxygens (including phenoxy) is 1. The van der Waals surface area contributed by atoms with Crippen molar-refractivity contribution in [3.63, 3.8) is 0 Å². The summed E-state index contributed by atoms with van der Waals surface area (Å²) in [6.45, 7) is 1.52. The first kappa shape index (κ1) is 25.2. The van der Waals surface area contributed by atoms with Crippen LogP contribution in [0.1, 0.15) is 29.0 Å². The molecular formula is C28H28FN5O4. The molecule has 10 heteroatoms. The summed E-state index contributed by atoms with van der Waals surface area (Å²) in [6.07, 6.45) is 6.45. The molecule has 2 aromatic carbocycles. The van der Waals surface area contributed by atoms with Gasteiger partial charge in [0.2, 0.25) is 5.91 Å². The van der Waals surface area contributed by atoms with Crippen LogP contribution >= 0.6 is 0 Å². The Balaban J connectivity index is 1.53. The highest BCUT2D eigenvalue weighted by molar-refractivity contribution is 6.02. The lowest BCUT2D eigenvalue weighted by Gasteiger charge is -2.28. The Morgan fingerprint density at radius 1 is 1.18 bits per heavy atom. The lowest BCUT2D eigenvalue weighted by Crippen LogP contribution is -2.35. The first-order valence-electron chi connectivity index (χ1n) is 12.3. The third kappa shape index (κ3) is 4.89. The first-order valence-corrected chi connectivity index (χ1v) is 12.3. The summed E-state index contributed by atoms with van der Waals surface area (Å²) in [6, 6.07) is 10.2. The average Bonchev–Trinajstić information content (AvgIpc) is 3.60.